The average Bonchev–Trinajstić information content (AvgIpc) is 2.38. The standard InChI is InChI=1S/C12H16Br2N2O3/c1-19-11-2-3-12(16(17)18)10(8-11)9-15(6-4-13)7-5-14/h2-3,8H,4-7,9H2,1H3. The van der Waals surface area contributed by atoms with E-state index in [0.717, 1.165) is 23.7 Å². The summed E-state index contributed by atoms with van der Waals surface area (Å²) in [6, 6.07) is 4.84. The number of halogens is 2. The van der Waals surface area contributed by atoms with Crippen molar-refractivity contribution < 1.29 is 9.66 Å². The molecular formula is C12H16Br2N2O3. The Hall–Kier alpha value is -0.660. The zero-order chi connectivity index (χ0) is 14.3. The molecular weight excluding hydrogens is 380 g/mol. The van der Waals surface area contributed by atoms with Gasteiger partial charge in [0.05, 0.1) is 12.0 Å². The second kappa shape index (κ2) is 8.50. The van der Waals surface area contributed by atoms with Crippen LogP contribution in [0.2, 0.25) is 0 Å². The second-order valence-corrected chi connectivity index (χ2v) is 5.49. The predicted molar refractivity (Wildman–Crippen MR) is 82.5 cm³/mol. The van der Waals surface area contributed by atoms with Gasteiger partial charge in [-0.2, -0.15) is 0 Å². The number of nitrogens with zero attached hydrogens (tertiary/aromatic N) is 2. The molecule has 0 radical (unpaired) electrons. The Morgan fingerprint density at radius 2 is 1.95 bits per heavy atom. The Morgan fingerprint density at radius 3 is 2.42 bits per heavy atom. The van der Waals surface area contributed by atoms with E-state index in [4.69, 9.17) is 4.74 Å². The van der Waals surface area contributed by atoms with Crippen LogP contribution in [0.3, 0.4) is 0 Å². The highest BCUT2D eigenvalue weighted by Crippen LogP contribution is 2.25. The molecule has 0 spiro atoms. The zero-order valence-electron chi connectivity index (χ0n) is 10.6. The fourth-order valence-corrected chi connectivity index (χ4v) is 2.75. The molecule has 1 rings (SSSR count). The Balaban J connectivity index is 2.97. The van der Waals surface area contributed by atoms with Gasteiger partial charge < -0.3 is 4.74 Å². The molecule has 0 aliphatic heterocycles. The topological polar surface area (TPSA) is 55.6 Å². The lowest BCUT2D eigenvalue weighted by Crippen LogP contribution is -2.27. The first kappa shape index (κ1) is 16.4. The molecule has 0 aliphatic rings. The van der Waals surface area contributed by atoms with Gasteiger partial charge in [-0.3, -0.25) is 15.0 Å². The molecule has 0 aromatic heterocycles. The average molecular weight is 396 g/mol. The third-order valence-corrected chi connectivity index (χ3v) is 3.39. The molecule has 0 aliphatic carbocycles. The molecule has 1 aromatic rings. The van der Waals surface area contributed by atoms with Crippen LogP contribution >= 0.6 is 31.9 Å². The van der Waals surface area contributed by atoms with Crippen LogP contribution in [-0.4, -0.2) is 40.7 Å². The molecule has 5 nitrogen and oxygen atoms in total. The number of nitro benzene ring substituents is 1. The molecule has 1 aromatic carbocycles. The van der Waals surface area contributed by atoms with E-state index in [-0.39, 0.29) is 10.6 Å². The van der Waals surface area contributed by atoms with Crippen LogP contribution in [0.5, 0.6) is 5.75 Å². The predicted octanol–water partition coefficient (Wildman–Crippen LogP) is 3.20. The second-order valence-electron chi connectivity index (χ2n) is 3.91. The molecule has 19 heavy (non-hydrogen) atoms. The number of benzene rings is 1. The van der Waals surface area contributed by atoms with Gasteiger partial charge in [-0.15, -0.1) is 0 Å². The van der Waals surface area contributed by atoms with Crippen LogP contribution in [-0.2, 0) is 6.54 Å². The summed E-state index contributed by atoms with van der Waals surface area (Å²) in [7, 11) is 1.56. The van der Waals surface area contributed by atoms with Gasteiger partial charge in [0.25, 0.3) is 5.69 Å². The molecule has 0 unspecified atom stereocenters. The van der Waals surface area contributed by atoms with E-state index in [1.165, 1.54) is 6.07 Å². The van der Waals surface area contributed by atoms with E-state index < -0.39 is 0 Å². The molecule has 0 amide bonds. The van der Waals surface area contributed by atoms with Gasteiger partial charge in [-0.05, 0) is 12.1 Å². The Kier molecular flexibility index (Phi) is 7.33. The maximum absolute atomic E-state index is 11.0. The first-order valence-corrected chi connectivity index (χ1v) is 8.02. The summed E-state index contributed by atoms with van der Waals surface area (Å²) in [6.45, 7) is 2.20. The van der Waals surface area contributed by atoms with E-state index in [2.05, 4.69) is 36.8 Å². The van der Waals surface area contributed by atoms with E-state index in [1.54, 1.807) is 19.2 Å². The number of methoxy groups -OCH3 is 1. The smallest absolute Gasteiger partial charge is 0.274 e. The van der Waals surface area contributed by atoms with Gasteiger partial charge >= 0.3 is 0 Å². The van der Waals surface area contributed by atoms with Crippen molar-refractivity contribution in [3.05, 3.63) is 33.9 Å². The molecule has 0 fully saturated rings. The SMILES string of the molecule is COc1ccc([N+](=O)[O-])c(CN(CCBr)CCBr)c1. The van der Waals surface area contributed by atoms with E-state index in [9.17, 15) is 10.1 Å². The van der Waals surface area contributed by atoms with E-state index >= 15 is 0 Å². The summed E-state index contributed by atoms with van der Waals surface area (Å²) < 4.78 is 5.13. The summed E-state index contributed by atoms with van der Waals surface area (Å²) in [4.78, 5) is 12.8. The first-order valence-electron chi connectivity index (χ1n) is 5.78. The lowest BCUT2D eigenvalue weighted by Gasteiger charge is -2.20. The minimum absolute atomic E-state index is 0.134. The summed E-state index contributed by atoms with van der Waals surface area (Å²) in [5, 5.41) is 12.7. The van der Waals surface area contributed by atoms with Crippen LogP contribution in [0, 0.1) is 10.1 Å². The lowest BCUT2D eigenvalue weighted by atomic mass is 10.1. The molecule has 0 saturated carbocycles. The summed E-state index contributed by atoms with van der Waals surface area (Å²) >= 11 is 6.79. The van der Waals surface area contributed by atoms with Crippen molar-refractivity contribution in [2.45, 2.75) is 6.54 Å². The number of nitro groups is 1. The van der Waals surface area contributed by atoms with Crippen molar-refractivity contribution in [3.63, 3.8) is 0 Å². The molecule has 106 valence electrons. The van der Waals surface area contributed by atoms with Crippen LogP contribution in [0.4, 0.5) is 5.69 Å². The van der Waals surface area contributed by atoms with Crippen molar-refractivity contribution in [2.75, 3.05) is 30.9 Å². The van der Waals surface area contributed by atoms with Crippen molar-refractivity contribution in [2.24, 2.45) is 0 Å². The monoisotopic (exact) mass is 394 g/mol. The zero-order valence-corrected chi connectivity index (χ0v) is 13.8. The molecule has 0 saturated heterocycles. The molecule has 0 atom stereocenters. The number of hydrogen-bond donors (Lipinski definition) is 0. The van der Waals surface area contributed by atoms with E-state index in [0.29, 0.717) is 17.9 Å². The highest BCUT2D eigenvalue weighted by molar-refractivity contribution is 9.09. The van der Waals surface area contributed by atoms with Gasteiger partial charge in [0.1, 0.15) is 5.75 Å². The normalized spacial score (nSPS) is 10.7. The largest absolute Gasteiger partial charge is 0.497 e. The van der Waals surface area contributed by atoms with Crippen molar-refractivity contribution in [1.82, 2.24) is 4.90 Å². The number of hydrogen-bond acceptors (Lipinski definition) is 4. The van der Waals surface area contributed by atoms with Gasteiger partial charge in [0.15, 0.2) is 0 Å². The van der Waals surface area contributed by atoms with Gasteiger partial charge in [-0.1, -0.05) is 31.9 Å². The highest BCUT2D eigenvalue weighted by atomic mass is 79.9. The third-order valence-electron chi connectivity index (χ3n) is 2.68. The van der Waals surface area contributed by atoms with Crippen LogP contribution in [0.25, 0.3) is 0 Å². The Morgan fingerprint density at radius 1 is 1.32 bits per heavy atom. The molecule has 0 bridgehead atoms. The van der Waals surface area contributed by atoms with E-state index in [1.807, 2.05) is 0 Å². The molecule has 0 heterocycles. The van der Waals surface area contributed by atoms with Crippen LogP contribution in [0.15, 0.2) is 18.2 Å². The third kappa shape index (κ3) is 5.08. The number of alkyl halides is 2. The van der Waals surface area contributed by atoms with Crippen LogP contribution < -0.4 is 4.74 Å². The maximum Gasteiger partial charge on any atom is 0.274 e. The minimum atomic E-state index is -0.352. The van der Waals surface area contributed by atoms with Gasteiger partial charge in [0.2, 0.25) is 0 Å². The Labute approximate surface area is 129 Å². The lowest BCUT2D eigenvalue weighted by molar-refractivity contribution is -0.385. The van der Waals surface area contributed by atoms with Crippen molar-refractivity contribution in [1.29, 1.82) is 0 Å². The van der Waals surface area contributed by atoms with Crippen molar-refractivity contribution >= 4 is 37.5 Å². The maximum atomic E-state index is 11.0. The summed E-state index contributed by atoms with van der Waals surface area (Å²) in [6.07, 6.45) is 0. The summed E-state index contributed by atoms with van der Waals surface area (Å²) in [5.41, 5.74) is 0.807. The summed E-state index contributed by atoms with van der Waals surface area (Å²) in [5.74, 6) is 0.637. The fraction of sp³-hybridized carbons (Fsp3) is 0.500. The first-order chi connectivity index (χ1) is 9.12. The highest BCUT2D eigenvalue weighted by Gasteiger charge is 2.17. The number of ether oxygens (including phenoxy) is 1. The molecule has 0 N–H and O–H groups in total. The van der Waals surface area contributed by atoms with Gasteiger partial charge in [-0.25, -0.2) is 0 Å². The number of rotatable bonds is 8. The quantitative estimate of drug-likeness (QED) is 0.385. The van der Waals surface area contributed by atoms with Crippen molar-refractivity contribution in [3.8, 4) is 5.75 Å². The minimum Gasteiger partial charge on any atom is -0.497 e. The molecule has 7 heteroatoms. The van der Waals surface area contributed by atoms with Gasteiger partial charge in [0, 0.05) is 41.9 Å². The van der Waals surface area contributed by atoms with Crippen LogP contribution in [0.1, 0.15) is 5.56 Å². The Bertz CT molecular complexity index is 423. The fourth-order valence-electron chi connectivity index (χ4n) is 1.74.